The second-order valence-corrected chi connectivity index (χ2v) is 5.68. The van der Waals surface area contributed by atoms with Crippen molar-refractivity contribution in [2.45, 2.75) is 18.9 Å². The largest absolute Gasteiger partial charge is 0.469 e. The Labute approximate surface area is 89.2 Å². The van der Waals surface area contributed by atoms with Crippen LogP contribution in [0.25, 0.3) is 0 Å². The Morgan fingerprint density at radius 1 is 1.60 bits per heavy atom. The van der Waals surface area contributed by atoms with Crippen LogP contribution in [0, 0.1) is 0 Å². The van der Waals surface area contributed by atoms with Gasteiger partial charge in [-0.1, -0.05) is 0 Å². The average Bonchev–Trinajstić information content (AvgIpc) is 2.52. The van der Waals surface area contributed by atoms with Crippen LogP contribution in [0.3, 0.4) is 0 Å². The highest BCUT2D eigenvalue weighted by atomic mass is 32.2. The SMILES string of the molecule is C[C@](O)(CNS(C)(=O)=O)Cc1ccco1. The minimum Gasteiger partial charge on any atom is -0.469 e. The van der Waals surface area contributed by atoms with E-state index in [0.717, 1.165) is 6.26 Å². The molecule has 0 radical (unpaired) electrons. The summed E-state index contributed by atoms with van der Waals surface area (Å²) in [6, 6.07) is 3.45. The minimum absolute atomic E-state index is 0.0352. The first-order valence-corrected chi connectivity index (χ1v) is 6.37. The van der Waals surface area contributed by atoms with Gasteiger partial charge in [-0.05, 0) is 19.1 Å². The normalized spacial score (nSPS) is 16.2. The van der Waals surface area contributed by atoms with Crippen LogP contribution in [0.1, 0.15) is 12.7 Å². The van der Waals surface area contributed by atoms with Gasteiger partial charge in [-0.3, -0.25) is 0 Å². The van der Waals surface area contributed by atoms with Crippen molar-refractivity contribution in [2.24, 2.45) is 0 Å². The third-order valence-corrected chi connectivity index (χ3v) is 2.52. The predicted molar refractivity (Wildman–Crippen MR) is 55.9 cm³/mol. The van der Waals surface area contributed by atoms with Crippen molar-refractivity contribution < 1.29 is 17.9 Å². The lowest BCUT2D eigenvalue weighted by atomic mass is 10.0. The van der Waals surface area contributed by atoms with Gasteiger partial charge in [0.15, 0.2) is 0 Å². The smallest absolute Gasteiger partial charge is 0.208 e. The van der Waals surface area contributed by atoms with Crippen LogP contribution >= 0.6 is 0 Å². The number of aliphatic hydroxyl groups is 1. The number of hydrogen-bond acceptors (Lipinski definition) is 4. The molecule has 0 unspecified atom stereocenters. The van der Waals surface area contributed by atoms with E-state index < -0.39 is 15.6 Å². The quantitative estimate of drug-likeness (QED) is 0.757. The molecule has 0 aliphatic heterocycles. The summed E-state index contributed by atoms with van der Waals surface area (Å²) in [5.74, 6) is 0.621. The molecule has 1 rings (SSSR count). The zero-order valence-corrected chi connectivity index (χ0v) is 9.54. The molecule has 0 aromatic carbocycles. The highest BCUT2D eigenvalue weighted by Crippen LogP contribution is 2.12. The minimum atomic E-state index is -3.28. The molecule has 1 heterocycles. The van der Waals surface area contributed by atoms with Crippen molar-refractivity contribution >= 4 is 10.0 Å². The van der Waals surface area contributed by atoms with Gasteiger partial charge in [-0.25, -0.2) is 13.1 Å². The van der Waals surface area contributed by atoms with Crippen molar-refractivity contribution in [2.75, 3.05) is 12.8 Å². The summed E-state index contributed by atoms with van der Waals surface area (Å²) < 4.78 is 29.0. The van der Waals surface area contributed by atoms with E-state index in [1.54, 1.807) is 19.1 Å². The van der Waals surface area contributed by atoms with Gasteiger partial charge in [-0.2, -0.15) is 0 Å². The molecule has 6 heteroatoms. The van der Waals surface area contributed by atoms with E-state index in [1.165, 1.54) is 6.26 Å². The van der Waals surface area contributed by atoms with Gasteiger partial charge in [0, 0.05) is 13.0 Å². The summed E-state index contributed by atoms with van der Waals surface area (Å²) in [7, 11) is -3.28. The number of sulfonamides is 1. The predicted octanol–water partition coefficient (Wildman–Crippen LogP) is 0.122. The van der Waals surface area contributed by atoms with Crippen LogP contribution in [0.5, 0.6) is 0 Å². The van der Waals surface area contributed by atoms with E-state index in [4.69, 9.17) is 4.42 Å². The maximum atomic E-state index is 10.8. The molecule has 1 aromatic rings. The number of furan rings is 1. The average molecular weight is 233 g/mol. The summed E-state index contributed by atoms with van der Waals surface area (Å²) in [4.78, 5) is 0. The Morgan fingerprint density at radius 3 is 2.73 bits per heavy atom. The summed E-state index contributed by atoms with van der Waals surface area (Å²) in [5.41, 5.74) is -1.15. The molecule has 2 N–H and O–H groups in total. The monoisotopic (exact) mass is 233 g/mol. The molecule has 86 valence electrons. The second-order valence-electron chi connectivity index (χ2n) is 3.85. The maximum absolute atomic E-state index is 10.8. The molecular weight excluding hydrogens is 218 g/mol. The first-order valence-electron chi connectivity index (χ1n) is 4.48. The van der Waals surface area contributed by atoms with Crippen molar-refractivity contribution in [1.82, 2.24) is 4.72 Å². The third kappa shape index (κ3) is 4.96. The van der Waals surface area contributed by atoms with Crippen LogP contribution in [0.2, 0.25) is 0 Å². The fraction of sp³-hybridized carbons (Fsp3) is 0.556. The van der Waals surface area contributed by atoms with Gasteiger partial charge >= 0.3 is 0 Å². The van der Waals surface area contributed by atoms with Crippen molar-refractivity contribution in [1.29, 1.82) is 0 Å². The molecule has 0 saturated carbocycles. The Bertz CT molecular complexity index is 394. The van der Waals surface area contributed by atoms with E-state index in [9.17, 15) is 13.5 Å². The first-order chi connectivity index (χ1) is 6.79. The first kappa shape index (κ1) is 12.2. The zero-order chi connectivity index (χ0) is 11.5. The topological polar surface area (TPSA) is 79.5 Å². The molecule has 15 heavy (non-hydrogen) atoms. The second kappa shape index (κ2) is 4.34. The van der Waals surface area contributed by atoms with Crippen molar-refractivity contribution in [3.8, 4) is 0 Å². The molecule has 0 spiro atoms. The van der Waals surface area contributed by atoms with E-state index in [-0.39, 0.29) is 13.0 Å². The maximum Gasteiger partial charge on any atom is 0.208 e. The molecule has 1 atom stereocenters. The molecule has 0 aliphatic rings. The molecule has 0 amide bonds. The highest BCUT2D eigenvalue weighted by molar-refractivity contribution is 7.88. The Hall–Kier alpha value is -0.850. The molecule has 0 bridgehead atoms. The van der Waals surface area contributed by atoms with Gasteiger partial charge in [-0.15, -0.1) is 0 Å². The third-order valence-electron chi connectivity index (χ3n) is 1.85. The van der Waals surface area contributed by atoms with Crippen molar-refractivity contribution in [3.63, 3.8) is 0 Å². The lowest BCUT2D eigenvalue weighted by molar-refractivity contribution is 0.0603. The van der Waals surface area contributed by atoms with E-state index >= 15 is 0 Å². The molecule has 0 saturated heterocycles. The van der Waals surface area contributed by atoms with Crippen LogP contribution in [-0.2, 0) is 16.4 Å². The fourth-order valence-corrected chi connectivity index (χ4v) is 1.71. The number of nitrogens with one attached hydrogen (secondary N) is 1. The number of hydrogen-bond donors (Lipinski definition) is 2. The van der Waals surface area contributed by atoms with Crippen LogP contribution in [0.4, 0.5) is 0 Å². The van der Waals surface area contributed by atoms with Crippen LogP contribution in [0.15, 0.2) is 22.8 Å². The van der Waals surface area contributed by atoms with Crippen LogP contribution < -0.4 is 4.72 Å². The molecular formula is C9H15NO4S. The molecule has 0 fully saturated rings. The van der Waals surface area contributed by atoms with E-state index in [0.29, 0.717) is 5.76 Å². The zero-order valence-electron chi connectivity index (χ0n) is 8.73. The molecule has 5 nitrogen and oxygen atoms in total. The molecule has 0 aliphatic carbocycles. The van der Waals surface area contributed by atoms with Gasteiger partial charge in [0.25, 0.3) is 0 Å². The highest BCUT2D eigenvalue weighted by Gasteiger charge is 2.23. The summed E-state index contributed by atoms with van der Waals surface area (Å²) in [6.07, 6.45) is 2.83. The van der Waals surface area contributed by atoms with Gasteiger partial charge in [0.1, 0.15) is 5.76 Å². The van der Waals surface area contributed by atoms with E-state index in [1.807, 2.05) is 0 Å². The Balaban J connectivity index is 2.52. The summed E-state index contributed by atoms with van der Waals surface area (Å²) in [6.45, 7) is 1.51. The standard InChI is InChI=1S/C9H15NO4S/c1-9(11,7-10-15(2,12)13)6-8-4-3-5-14-8/h3-5,10-11H,6-7H2,1-2H3/t9-/m1/s1. The Kier molecular flexibility index (Phi) is 3.54. The Morgan fingerprint density at radius 2 is 2.27 bits per heavy atom. The lowest BCUT2D eigenvalue weighted by Gasteiger charge is -2.21. The van der Waals surface area contributed by atoms with E-state index in [2.05, 4.69) is 4.72 Å². The van der Waals surface area contributed by atoms with Gasteiger partial charge in [0.05, 0.1) is 18.1 Å². The number of rotatable bonds is 5. The fourth-order valence-electron chi connectivity index (χ4n) is 1.14. The van der Waals surface area contributed by atoms with Crippen LogP contribution in [-0.4, -0.2) is 31.9 Å². The molecule has 1 aromatic heterocycles. The summed E-state index contributed by atoms with van der Waals surface area (Å²) >= 11 is 0. The lowest BCUT2D eigenvalue weighted by Crippen LogP contribution is -2.41. The summed E-state index contributed by atoms with van der Waals surface area (Å²) in [5, 5.41) is 9.86. The van der Waals surface area contributed by atoms with Gasteiger partial charge < -0.3 is 9.52 Å². The van der Waals surface area contributed by atoms with Gasteiger partial charge in [0.2, 0.25) is 10.0 Å². The van der Waals surface area contributed by atoms with Crippen molar-refractivity contribution in [3.05, 3.63) is 24.2 Å².